The molecule has 0 bridgehead atoms. The molecule has 0 saturated carbocycles. The summed E-state index contributed by atoms with van der Waals surface area (Å²) in [4.78, 5) is 1.49. The summed E-state index contributed by atoms with van der Waals surface area (Å²) < 4.78 is 51.3. The zero-order valence-corrected chi connectivity index (χ0v) is 12.3. The third-order valence-electron chi connectivity index (χ3n) is 3.42. The lowest BCUT2D eigenvalue weighted by molar-refractivity contribution is 0.536. The van der Waals surface area contributed by atoms with E-state index in [2.05, 4.69) is 5.32 Å². The minimum atomic E-state index is -3.11. The molecule has 2 rings (SSSR count). The number of nitrogens with zero attached hydrogens (tertiary/aromatic N) is 1. The maximum atomic E-state index is 14.1. The van der Waals surface area contributed by atoms with Crippen molar-refractivity contribution in [2.75, 3.05) is 30.0 Å². The lowest BCUT2D eigenvalue weighted by atomic mass is 10.1. The third kappa shape index (κ3) is 3.09. The van der Waals surface area contributed by atoms with E-state index >= 15 is 0 Å². The normalized spacial score (nSPS) is 22.0. The molecule has 1 atom stereocenters. The Morgan fingerprint density at radius 2 is 1.95 bits per heavy atom. The molecule has 1 aromatic carbocycles. The van der Waals surface area contributed by atoms with Crippen molar-refractivity contribution in [3.8, 4) is 0 Å². The standard InChI is InChI=1S/C13H18F2N2O2S/c1-9-8-20(18,19)4-3-17(9)13-11(14)5-10(7-16-2)6-12(13)15/h5-6,9,16H,3-4,7-8H2,1-2H3. The van der Waals surface area contributed by atoms with Gasteiger partial charge in [-0.3, -0.25) is 0 Å². The fourth-order valence-corrected chi connectivity index (χ4v) is 4.09. The minimum absolute atomic E-state index is 0.0749. The number of rotatable bonds is 3. The second kappa shape index (κ2) is 5.65. The van der Waals surface area contributed by atoms with E-state index in [1.54, 1.807) is 14.0 Å². The van der Waals surface area contributed by atoms with Gasteiger partial charge in [0.2, 0.25) is 0 Å². The number of hydrogen-bond donors (Lipinski definition) is 1. The van der Waals surface area contributed by atoms with E-state index in [4.69, 9.17) is 0 Å². The number of sulfone groups is 1. The summed E-state index contributed by atoms with van der Waals surface area (Å²) in [5.41, 5.74) is 0.385. The topological polar surface area (TPSA) is 49.4 Å². The molecule has 0 spiro atoms. The van der Waals surface area contributed by atoms with Crippen LogP contribution in [0, 0.1) is 11.6 Å². The van der Waals surface area contributed by atoms with Crippen LogP contribution in [0.2, 0.25) is 0 Å². The second-order valence-corrected chi connectivity index (χ2v) is 7.32. The van der Waals surface area contributed by atoms with Gasteiger partial charge in [-0.05, 0) is 31.7 Å². The van der Waals surface area contributed by atoms with Gasteiger partial charge in [0.1, 0.15) is 17.3 Å². The number of benzene rings is 1. The lowest BCUT2D eigenvalue weighted by Crippen LogP contribution is -2.47. The molecule has 1 unspecified atom stereocenters. The van der Waals surface area contributed by atoms with Crippen LogP contribution in [0.25, 0.3) is 0 Å². The monoisotopic (exact) mass is 304 g/mol. The van der Waals surface area contributed by atoms with Gasteiger partial charge in [-0.25, -0.2) is 17.2 Å². The Morgan fingerprint density at radius 3 is 2.45 bits per heavy atom. The predicted octanol–water partition coefficient (Wildman–Crippen LogP) is 1.31. The van der Waals surface area contributed by atoms with Crippen molar-refractivity contribution < 1.29 is 17.2 Å². The van der Waals surface area contributed by atoms with Gasteiger partial charge in [0, 0.05) is 19.1 Å². The molecule has 1 heterocycles. The van der Waals surface area contributed by atoms with E-state index in [1.807, 2.05) is 0 Å². The summed E-state index contributed by atoms with van der Waals surface area (Å²) in [6.45, 7) is 2.15. The molecule has 0 aromatic heterocycles. The highest BCUT2D eigenvalue weighted by atomic mass is 32.2. The summed E-state index contributed by atoms with van der Waals surface area (Å²) in [5.74, 6) is -1.46. The fraction of sp³-hybridized carbons (Fsp3) is 0.538. The van der Waals surface area contributed by atoms with Gasteiger partial charge >= 0.3 is 0 Å². The van der Waals surface area contributed by atoms with Gasteiger partial charge in [0.05, 0.1) is 11.5 Å². The first-order valence-corrected chi connectivity index (χ1v) is 8.26. The summed E-state index contributed by atoms with van der Waals surface area (Å²) in [7, 11) is -1.42. The summed E-state index contributed by atoms with van der Waals surface area (Å²) >= 11 is 0. The Labute approximate surface area is 117 Å². The molecule has 1 aliphatic rings. The number of halogens is 2. The molecule has 1 fully saturated rings. The van der Waals surface area contributed by atoms with Gasteiger partial charge in [-0.15, -0.1) is 0 Å². The molecule has 7 heteroatoms. The molecule has 4 nitrogen and oxygen atoms in total. The van der Waals surface area contributed by atoms with Crippen molar-refractivity contribution in [3.05, 3.63) is 29.3 Å². The molecule has 0 aliphatic carbocycles. The smallest absolute Gasteiger partial charge is 0.154 e. The van der Waals surface area contributed by atoms with Crippen LogP contribution in [0.3, 0.4) is 0 Å². The number of nitrogens with one attached hydrogen (secondary N) is 1. The van der Waals surface area contributed by atoms with Gasteiger partial charge < -0.3 is 10.2 Å². The zero-order valence-electron chi connectivity index (χ0n) is 11.5. The Hall–Kier alpha value is -1.21. The molecular formula is C13H18F2N2O2S. The van der Waals surface area contributed by atoms with E-state index < -0.39 is 27.5 Å². The quantitative estimate of drug-likeness (QED) is 0.915. The van der Waals surface area contributed by atoms with Crippen LogP contribution in [0.5, 0.6) is 0 Å². The maximum absolute atomic E-state index is 14.1. The first-order chi connectivity index (χ1) is 9.34. The fourth-order valence-electron chi connectivity index (χ4n) is 2.53. The first kappa shape index (κ1) is 15.2. The van der Waals surface area contributed by atoms with Crippen LogP contribution in [0.15, 0.2) is 12.1 Å². The highest BCUT2D eigenvalue weighted by Crippen LogP contribution is 2.28. The van der Waals surface area contributed by atoms with E-state index in [9.17, 15) is 17.2 Å². The molecule has 112 valence electrons. The number of anilines is 1. The molecular weight excluding hydrogens is 286 g/mol. The van der Waals surface area contributed by atoms with E-state index in [-0.39, 0.29) is 23.7 Å². The first-order valence-electron chi connectivity index (χ1n) is 6.43. The molecule has 1 aliphatic heterocycles. The molecule has 0 amide bonds. The van der Waals surface area contributed by atoms with Crippen molar-refractivity contribution >= 4 is 15.5 Å². The van der Waals surface area contributed by atoms with Crippen molar-refractivity contribution in [2.24, 2.45) is 0 Å². The molecule has 1 N–H and O–H groups in total. The van der Waals surface area contributed by atoms with Gasteiger partial charge in [-0.1, -0.05) is 0 Å². The van der Waals surface area contributed by atoms with E-state index in [1.165, 1.54) is 17.0 Å². The SMILES string of the molecule is CNCc1cc(F)c(N2CCS(=O)(=O)CC2C)c(F)c1. The van der Waals surface area contributed by atoms with Crippen LogP contribution in [0.1, 0.15) is 12.5 Å². The zero-order chi connectivity index (χ0) is 14.9. The lowest BCUT2D eigenvalue weighted by Gasteiger charge is -2.35. The van der Waals surface area contributed by atoms with Gasteiger partial charge in [0.15, 0.2) is 9.84 Å². The molecule has 0 radical (unpaired) electrons. The van der Waals surface area contributed by atoms with Crippen molar-refractivity contribution in [2.45, 2.75) is 19.5 Å². The summed E-state index contributed by atoms with van der Waals surface area (Å²) in [6.07, 6.45) is 0. The average Bonchev–Trinajstić information content (AvgIpc) is 2.30. The van der Waals surface area contributed by atoms with Crippen molar-refractivity contribution in [1.29, 1.82) is 0 Å². The summed E-state index contributed by atoms with van der Waals surface area (Å²) in [5, 5.41) is 2.83. The number of hydrogen-bond acceptors (Lipinski definition) is 4. The van der Waals surface area contributed by atoms with Gasteiger partial charge in [0.25, 0.3) is 0 Å². The largest absolute Gasteiger partial charge is 0.362 e. The average molecular weight is 304 g/mol. The van der Waals surface area contributed by atoms with Crippen molar-refractivity contribution in [1.82, 2.24) is 5.32 Å². The Morgan fingerprint density at radius 1 is 1.35 bits per heavy atom. The second-order valence-electron chi connectivity index (χ2n) is 5.10. The molecule has 1 saturated heterocycles. The van der Waals surface area contributed by atoms with Crippen LogP contribution in [0.4, 0.5) is 14.5 Å². The molecule has 20 heavy (non-hydrogen) atoms. The van der Waals surface area contributed by atoms with E-state index in [0.29, 0.717) is 12.1 Å². The molecule has 1 aromatic rings. The van der Waals surface area contributed by atoms with Crippen LogP contribution in [-0.2, 0) is 16.4 Å². The van der Waals surface area contributed by atoms with Crippen LogP contribution >= 0.6 is 0 Å². The van der Waals surface area contributed by atoms with Crippen LogP contribution in [-0.4, -0.2) is 39.6 Å². The Balaban J connectivity index is 2.34. The highest BCUT2D eigenvalue weighted by molar-refractivity contribution is 7.91. The maximum Gasteiger partial charge on any atom is 0.154 e. The Kier molecular flexibility index (Phi) is 4.29. The third-order valence-corrected chi connectivity index (χ3v) is 5.21. The summed E-state index contributed by atoms with van der Waals surface area (Å²) in [6, 6.07) is 2.13. The van der Waals surface area contributed by atoms with Crippen molar-refractivity contribution in [3.63, 3.8) is 0 Å². The highest BCUT2D eigenvalue weighted by Gasteiger charge is 2.31. The van der Waals surface area contributed by atoms with E-state index in [0.717, 1.165) is 0 Å². The van der Waals surface area contributed by atoms with Crippen LogP contribution < -0.4 is 10.2 Å². The Bertz CT molecular complexity index is 581. The minimum Gasteiger partial charge on any atom is -0.362 e. The predicted molar refractivity (Wildman–Crippen MR) is 74.6 cm³/mol. The van der Waals surface area contributed by atoms with Gasteiger partial charge in [-0.2, -0.15) is 0 Å².